The number of ether oxygens (including phenoxy) is 1. The predicted molar refractivity (Wildman–Crippen MR) is 73.2 cm³/mol. The first-order valence-corrected chi connectivity index (χ1v) is 6.77. The maximum absolute atomic E-state index is 10.8. The second-order valence-corrected chi connectivity index (χ2v) is 5.76. The van der Waals surface area contributed by atoms with Gasteiger partial charge >= 0.3 is 5.97 Å². The Hall–Kier alpha value is -0.830. The summed E-state index contributed by atoms with van der Waals surface area (Å²) in [6.07, 6.45) is 0. The average Bonchev–Trinajstić information content (AvgIpc) is 2.24. The van der Waals surface area contributed by atoms with Gasteiger partial charge < -0.3 is 4.74 Å². The molecule has 0 atom stereocenters. The van der Waals surface area contributed by atoms with Crippen LogP contribution in [-0.4, -0.2) is 5.97 Å². The van der Waals surface area contributed by atoms with Crippen molar-refractivity contribution in [2.45, 2.75) is 45.0 Å². The summed E-state index contributed by atoms with van der Waals surface area (Å²) in [4.78, 5) is 10.8. The van der Waals surface area contributed by atoms with Gasteiger partial charge in [-0.25, -0.2) is 0 Å². The zero-order chi connectivity index (χ0) is 13.1. The van der Waals surface area contributed by atoms with Crippen LogP contribution in [0.25, 0.3) is 0 Å². The number of hydrogen-bond acceptors (Lipinski definition) is 2. The van der Waals surface area contributed by atoms with Crippen LogP contribution in [0.5, 0.6) is 0 Å². The molecule has 94 valence electrons. The molecule has 0 aliphatic carbocycles. The molecule has 0 aromatic heterocycles. The van der Waals surface area contributed by atoms with E-state index < -0.39 is 0 Å². The third-order valence-corrected chi connectivity index (χ3v) is 3.16. The second kappa shape index (κ2) is 5.67. The standard InChI is InChI=1S/C14H19BrO2/c1-10(16)17-9-12-5-11(8-15)6-13(7-12)14(2,3)4/h5-7H,8-9H2,1-4H3. The molecule has 17 heavy (non-hydrogen) atoms. The molecule has 0 N–H and O–H groups in total. The topological polar surface area (TPSA) is 26.3 Å². The molecule has 0 radical (unpaired) electrons. The minimum Gasteiger partial charge on any atom is -0.461 e. The number of carbonyl (C=O) groups excluding carboxylic acids is 1. The van der Waals surface area contributed by atoms with Crippen molar-refractivity contribution in [1.29, 1.82) is 0 Å². The molecule has 0 saturated heterocycles. The highest BCUT2D eigenvalue weighted by molar-refractivity contribution is 9.08. The summed E-state index contributed by atoms with van der Waals surface area (Å²) < 4.78 is 5.04. The van der Waals surface area contributed by atoms with E-state index in [9.17, 15) is 4.79 Å². The highest BCUT2D eigenvalue weighted by Gasteiger charge is 2.15. The zero-order valence-corrected chi connectivity index (χ0v) is 12.4. The fourth-order valence-electron chi connectivity index (χ4n) is 1.54. The third-order valence-electron chi connectivity index (χ3n) is 2.52. The largest absolute Gasteiger partial charge is 0.461 e. The van der Waals surface area contributed by atoms with Crippen LogP contribution in [-0.2, 0) is 26.9 Å². The lowest BCUT2D eigenvalue weighted by Crippen LogP contribution is -2.12. The average molecular weight is 299 g/mol. The van der Waals surface area contributed by atoms with Crippen molar-refractivity contribution in [1.82, 2.24) is 0 Å². The Bertz CT molecular complexity index is 405. The lowest BCUT2D eigenvalue weighted by molar-refractivity contribution is -0.142. The smallest absolute Gasteiger partial charge is 0.302 e. The van der Waals surface area contributed by atoms with Crippen LogP contribution in [0.1, 0.15) is 44.4 Å². The first-order chi connectivity index (χ1) is 7.82. The number of rotatable bonds is 3. The summed E-state index contributed by atoms with van der Waals surface area (Å²) in [7, 11) is 0. The van der Waals surface area contributed by atoms with E-state index in [1.165, 1.54) is 18.1 Å². The zero-order valence-electron chi connectivity index (χ0n) is 10.8. The molecule has 0 heterocycles. The first kappa shape index (κ1) is 14.2. The summed E-state index contributed by atoms with van der Waals surface area (Å²) in [6.45, 7) is 8.31. The van der Waals surface area contributed by atoms with Crippen molar-refractivity contribution >= 4 is 21.9 Å². The van der Waals surface area contributed by atoms with E-state index in [0.717, 1.165) is 10.9 Å². The van der Waals surface area contributed by atoms with E-state index in [-0.39, 0.29) is 11.4 Å². The monoisotopic (exact) mass is 298 g/mol. The minimum atomic E-state index is -0.244. The van der Waals surface area contributed by atoms with Crippen molar-refractivity contribution < 1.29 is 9.53 Å². The van der Waals surface area contributed by atoms with Gasteiger partial charge in [0.2, 0.25) is 0 Å². The number of esters is 1. The van der Waals surface area contributed by atoms with E-state index in [0.29, 0.717) is 6.61 Å². The molecule has 0 bridgehead atoms. The van der Waals surface area contributed by atoms with E-state index in [4.69, 9.17) is 4.74 Å². The van der Waals surface area contributed by atoms with E-state index in [2.05, 4.69) is 54.9 Å². The van der Waals surface area contributed by atoms with Crippen molar-refractivity contribution in [3.05, 3.63) is 34.9 Å². The Labute approximate surface area is 111 Å². The number of hydrogen-bond donors (Lipinski definition) is 0. The van der Waals surface area contributed by atoms with Gasteiger partial charge in [0.1, 0.15) is 6.61 Å². The van der Waals surface area contributed by atoms with Gasteiger partial charge in [0.15, 0.2) is 0 Å². The first-order valence-electron chi connectivity index (χ1n) is 5.65. The van der Waals surface area contributed by atoms with Gasteiger partial charge in [-0.2, -0.15) is 0 Å². The van der Waals surface area contributed by atoms with Gasteiger partial charge in [0.25, 0.3) is 0 Å². The molecular formula is C14H19BrO2. The van der Waals surface area contributed by atoms with Crippen LogP contribution in [0.15, 0.2) is 18.2 Å². The molecule has 2 nitrogen and oxygen atoms in total. The predicted octanol–water partition coefficient (Wildman–Crippen LogP) is 3.94. The normalized spacial score (nSPS) is 11.4. The van der Waals surface area contributed by atoms with Gasteiger partial charge in [0, 0.05) is 12.3 Å². The molecule has 0 spiro atoms. The minimum absolute atomic E-state index is 0.100. The molecule has 1 aromatic carbocycles. The third kappa shape index (κ3) is 4.50. The van der Waals surface area contributed by atoms with Gasteiger partial charge in [-0.3, -0.25) is 4.79 Å². The van der Waals surface area contributed by atoms with Crippen LogP contribution in [0.4, 0.5) is 0 Å². The van der Waals surface area contributed by atoms with Gasteiger partial charge in [-0.15, -0.1) is 0 Å². The fourth-order valence-corrected chi connectivity index (χ4v) is 1.86. The van der Waals surface area contributed by atoms with Crippen molar-refractivity contribution in [3.8, 4) is 0 Å². The molecule has 0 aliphatic rings. The van der Waals surface area contributed by atoms with Crippen LogP contribution in [0, 0.1) is 0 Å². The highest BCUT2D eigenvalue weighted by atomic mass is 79.9. The Balaban J connectivity index is 3.01. The summed E-state index contributed by atoms with van der Waals surface area (Å²) in [5, 5.41) is 0.810. The number of carbonyl (C=O) groups is 1. The molecule has 1 aromatic rings. The molecule has 3 heteroatoms. The van der Waals surface area contributed by atoms with Crippen molar-refractivity contribution in [2.75, 3.05) is 0 Å². The lowest BCUT2D eigenvalue weighted by Gasteiger charge is -2.21. The lowest BCUT2D eigenvalue weighted by atomic mass is 9.85. The molecule has 0 fully saturated rings. The number of benzene rings is 1. The Kier molecular flexibility index (Phi) is 4.75. The molecule has 0 aliphatic heterocycles. The Morgan fingerprint density at radius 2 is 1.82 bits per heavy atom. The summed E-state index contributed by atoms with van der Waals surface area (Å²) in [5.74, 6) is -0.244. The van der Waals surface area contributed by atoms with Crippen molar-refractivity contribution in [3.63, 3.8) is 0 Å². The van der Waals surface area contributed by atoms with Gasteiger partial charge in [0.05, 0.1) is 0 Å². The number of alkyl halides is 1. The summed E-state index contributed by atoms with van der Waals surface area (Å²) >= 11 is 3.46. The number of halogens is 1. The second-order valence-electron chi connectivity index (χ2n) is 5.20. The van der Waals surface area contributed by atoms with Crippen LogP contribution >= 0.6 is 15.9 Å². The maximum atomic E-state index is 10.8. The SMILES string of the molecule is CC(=O)OCc1cc(CBr)cc(C(C)(C)C)c1. The Morgan fingerprint density at radius 3 is 2.29 bits per heavy atom. The summed E-state index contributed by atoms with van der Waals surface area (Å²) in [5.41, 5.74) is 3.61. The van der Waals surface area contributed by atoms with Crippen LogP contribution < -0.4 is 0 Å². The fraction of sp³-hybridized carbons (Fsp3) is 0.500. The van der Waals surface area contributed by atoms with Crippen LogP contribution in [0.3, 0.4) is 0 Å². The maximum Gasteiger partial charge on any atom is 0.302 e. The van der Waals surface area contributed by atoms with E-state index in [1.54, 1.807) is 0 Å². The molecule has 1 rings (SSSR count). The van der Waals surface area contributed by atoms with Crippen molar-refractivity contribution in [2.24, 2.45) is 0 Å². The quantitative estimate of drug-likeness (QED) is 0.624. The van der Waals surface area contributed by atoms with Crippen LogP contribution in [0.2, 0.25) is 0 Å². The molecular weight excluding hydrogens is 280 g/mol. The molecule has 0 amide bonds. The highest BCUT2D eigenvalue weighted by Crippen LogP contribution is 2.25. The summed E-state index contributed by atoms with van der Waals surface area (Å²) in [6, 6.07) is 6.36. The van der Waals surface area contributed by atoms with Gasteiger partial charge in [-0.05, 0) is 22.1 Å². The molecule has 0 saturated carbocycles. The van der Waals surface area contributed by atoms with E-state index >= 15 is 0 Å². The Morgan fingerprint density at radius 1 is 1.24 bits per heavy atom. The van der Waals surface area contributed by atoms with Gasteiger partial charge in [-0.1, -0.05) is 54.9 Å². The molecule has 0 unspecified atom stereocenters. The van der Waals surface area contributed by atoms with E-state index in [1.807, 2.05) is 0 Å².